The first-order valence-electron chi connectivity index (χ1n) is 9.02. The lowest BCUT2D eigenvalue weighted by Crippen LogP contribution is -2.10. The third-order valence-corrected chi connectivity index (χ3v) is 4.21. The molecule has 0 aliphatic carbocycles. The van der Waals surface area contributed by atoms with Crippen molar-refractivity contribution in [3.8, 4) is 23.0 Å². The van der Waals surface area contributed by atoms with Gasteiger partial charge < -0.3 is 5.32 Å². The lowest BCUT2D eigenvalue weighted by atomic mass is 10.1. The fraction of sp³-hybridized carbons (Fsp3) is 0.217. The summed E-state index contributed by atoms with van der Waals surface area (Å²) >= 11 is 5.93. The molecular weight excluding hydrogens is 354 g/mol. The van der Waals surface area contributed by atoms with Gasteiger partial charge in [0.1, 0.15) is 11.5 Å². The van der Waals surface area contributed by atoms with Crippen molar-refractivity contribution >= 4 is 17.4 Å². The number of aryl methyl sites for hydroxylation is 1. The number of benzene rings is 1. The molecule has 0 aliphatic rings. The number of halogens is 1. The first-order valence-corrected chi connectivity index (χ1v) is 9.40. The fourth-order valence-corrected chi connectivity index (χ4v) is 2.72. The topological polar surface area (TPSA) is 37.8 Å². The first kappa shape index (κ1) is 18.9. The molecule has 0 atom stereocenters. The number of rotatable bonds is 5. The molecule has 0 spiro atoms. The van der Waals surface area contributed by atoms with E-state index in [1.807, 2.05) is 54.9 Å². The zero-order valence-corrected chi connectivity index (χ0v) is 16.3. The van der Waals surface area contributed by atoms with E-state index in [0.29, 0.717) is 6.04 Å². The van der Waals surface area contributed by atoms with Gasteiger partial charge in [-0.15, -0.1) is 0 Å². The van der Waals surface area contributed by atoms with Crippen LogP contribution in [-0.4, -0.2) is 16.0 Å². The van der Waals surface area contributed by atoms with Crippen LogP contribution >= 0.6 is 11.6 Å². The highest BCUT2D eigenvalue weighted by molar-refractivity contribution is 6.30. The SMILES string of the molecule is CC(C)Nc1ccc(CCC#Cc2ccc(-c3ccc(Cl)cc3)cn2)cn1. The van der Waals surface area contributed by atoms with Gasteiger partial charge in [-0.05, 0) is 61.6 Å². The number of hydrogen-bond donors (Lipinski definition) is 1. The van der Waals surface area contributed by atoms with Crippen LogP contribution < -0.4 is 5.32 Å². The molecule has 2 aromatic heterocycles. The Kier molecular flexibility index (Phi) is 6.46. The van der Waals surface area contributed by atoms with Crippen LogP contribution in [0.25, 0.3) is 11.1 Å². The van der Waals surface area contributed by atoms with Crippen LogP contribution in [0.2, 0.25) is 5.02 Å². The van der Waals surface area contributed by atoms with E-state index in [1.54, 1.807) is 0 Å². The van der Waals surface area contributed by atoms with Crippen molar-refractivity contribution in [2.75, 3.05) is 5.32 Å². The second-order valence-corrected chi connectivity index (χ2v) is 7.03. The van der Waals surface area contributed by atoms with Crippen LogP contribution in [0.1, 0.15) is 31.5 Å². The Morgan fingerprint density at radius 1 is 0.926 bits per heavy atom. The number of pyridine rings is 2. The van der Waals surface area contributed by atoms with Gasteiger partial charge in [0.2, 0.25) is 0 Å². The lowest BCUT2D eigenvalue weighted by molar-refractivity contribution is 0.886. The first-order chi connectivity index (χ1) is 13.1. The number of nitrogens with one attached hydrogen (secondary N) is 1. The van der Waals surface area contributed by atoms with Crippen molar-refractivity contribution in [2.24, 2.45) is 0 Å². The van der Waals surface area contributed by atoms with E-state index < -0.39 is 0 Å². The Morgan fingerprint density at radius 2 is 1.70 bits per heavy atom. The van der Waals surface area contributed by atoms with E-state index in [-0.39, 0.29) is 0 Å². The van der Waals surface area contributed by atoms with E-state index in [4.69, 9.17) is 11.6 Å². The van der Waals surface area contributed by atoms with Gasteiger partial charge >= 0.3 is 0 Å². The summed E-state index contributed by atoms with van der Waals surface area (Å²) < 4.78 is 0. The van der Waals surface area contributed by atoms with Crippen molar-refractivity contribution < 1.29 is 0 Å². The smallest absolute Gasteiger partial charge is 0.126 e. The van der Waals surface area contributed by atoms with Crippen molar-refractivity contribution in [3.05, 3.63) is 77.2 Å². The van der Waals surface area contributed by atoms with Gasteiger partial charge in [0, 0.05) is 35.4 Å². The van der Waals surface area contributed by atoms with E-state index in [1.165, 1.54) is 5.56 Å². The predicted molar refractivity (Wildman–Crippen MR) is 113 cm³/mol. The second kappa shape index (κ2) is 9.21. The summed E-state index contributed by atoms with van der Waals surface area (Å²) in [6.07, 6.45) is 5.41. The van der Waals surface area contributed by atoms with Crippen molar-refractivity contribution in [1.82, 2.24) is 9.97 Å². The number of anilines is 1. The Hall–Kier alpha value is -2.83. The average Bonchev–Trinajstić information content (AvgIpc) is 2.67. The maximum absolute atomic E-state index is 5.93. The Morgan fingerprint density at radius 3 is 2.33 bits per heavy atom. The van der Waals surface area contributed by atoms with Gasteiger partial charge in [-0.25, -0.2) is 9.97 Å². The van der Waals surface area contributed by atoms with Crippen LogP contribution in [0.3, 0.4) is 0 Å². The molecule has 136 valence electrons. The zero-order valence-electron chi connectivity index (χ0n) is 15.5. The lowest BCUT2D eigenvalue weighted by Gasteiger charge is -2.08. The van der Waals surface area contributed by atoms with Gasteiger partial charge in [0.05, 0.1) is 0 Å². The quantitative estimate of drug-likeness (QED) is 0.589. The molecule has 0 fully saturated rings. The highest BCUT2D eigenvalue weighted by Crippen LogP contribution is 2.20. The van der Waals surface area contributed by atoms with Gasteiger partial charge in [-0.1, -0.05) is 41.8 Å². The minimum Gasteiger partial charge on any atom is -0.368 e. The highest BCUT2D eigenvalue weighted by Gasteiger charge is 1.99. The molecule has 3 nitrogen and oxygen atoms in total. The molecular formula is C23H22ClN3. The van der Waals surface area contributed by atoms with Gasteiger partial charge in [0.15, 0.2) is 0 Å². The second-order valence-electron chi connectivity index (χ2n) is 6.59. The summed E-state index contributed by atoms with van der Waals surface area (Å²) in [5.41, 5.74) is 4.11. The maximum Gasteiger partial charge on any atom is 0.126 e. The molecule has 0 aliphatic heterocycles. The normalized spacial score (nSPS) is 10.4. The summed E-state index contributed by atoms with van der Waals surface area (Å²) in [5.74, 6) is 7.22. The maximum atomic E-state index is 5.93. The molecule has 3 aromatic rings. The highest BCUT2D eigenvalue weighted by atomic mass is 35.5. The van der Waals surface area contributed by atoms with Gasteiger partial charge in [0.25, 0.3) is 0 Å². The molecule has 2 heterocycles. The molecule has 3 rings (SSSR count). The van der Waals surface area contributed by atoms with E-state index >= 15 is 0 Å². The van der Waals surface area contributed by atoms with E-state index in [0.717, 1.165) is 40.5 Å². The van der Waals surface area contributed by atoms with Crippen LogP contribution in [-0.2, 0) is 6.42 Å². The molecule has 0 amide bonds. The minimum absolute atomic E-state index is 0.382. The van der Waals surface area contributed by atoms with Crippen LogP contribution in [0.5, 0.6) is 0 Å². The monoisotopic (exact) mass is 375 g/mol. The molecule has 0 unspecified atom stereocenters. The summed E-state index contributed by atoms with van der Waals surface area (Å²) in [6.45, 7) is 4.20. The largest absolute Gasteiger partial charge is 0.368 e. The standard InChI is InChI=1S/C23H22ClN3/c1-17(2)27-23-14-7-18(15-26-23)5-3-4-6-22-13-10-20(16-25-22)19-8-11-21(24)12-9-19/h7-17H,3,5H2,1-2H3,(H,26,27). The van der Waals surface area contributed by atoms with Crippen LogP contribution in [0, 0.1) is 11.8 Å². The Balaban J connectivity index is 1.54. The average molecular weight is 376 g/mol. The third kappa shape index (κ3) is 5.84. The minimum atomic E-state index is 0.382. The van der Waals surface area contributed by atoms with Gasteiger partial charge in [-0.2, -0.15) is 0 Å². The number of hydrogen-bond acceptors (Lipinski definition) is 3. The van der Waals surface area contributed by atoms with Crippen molar-refractivity contribution in [1.29, 1.82) is 0 Å². The molecule has 0 saturated heterocycles. The van der Waals surface area contributed by atoms with Crippen LogP contribution in [0.4, 0.5) is 5.82 Å². The molecule has 1 aromatic carbocycles. The van der Waals surface area contributed by atoms with Crippen molar-refractivity contribution in [2.45, 2.75) is 32.7 Å². The summed E-state index contributed by atoms with van der Waals surface area (Å²) in [4.78, 5) is 8.85. The molecule has 0 saturated carbocycles. The summed E-state index contributed by atoms with van der Waals surface area (Å²) in [6, 6.07) is 16.2. The Labute approximate surface area is 165 Å². The van der Waals surface area contributed by atoms with Gasteiger partial charge in [-0.3, -0.25) is 0 Å². The van der Waals surface area contributed by atoms with E-state index in [9.17, 15) is 0 Å². The molecule has 27 heavy (non-hydrogen) atoms. The van der Waals surface area contributed by atoms with Crippen molar-refractivity contribution in [3.63, 3.8) is 0 Å². The van der Waals surface area contributed by atoms with E-state index in [2.05, 4.69) is 47.0 Å². The molecule has 0 bridgehead atoms. The third-order valence-electron chi connectivity index (χ3n) is 3.96. The zero-order chi connectivity index (χ0) is 19.1. The molecule has 0 radical (unpaired) electrons. The molecule has 4 heteroatoms. The Bertz CT molecular complexity index is 919. The number of nitrogens with zero attached hydrogens (tertiary/aromatic N) is 2. The van der Waals surface area contributed by atoms with Crippen LogP contribution in [0.15, 0.2) is 60.9 Å². The number of aromatic nitrogens is 2. The molecule has 1 N–H and O–H groups in total. The fourth-order valence-electron chi connectivity index (χ4n) is 2.59. The predicted octanol–water partition coefficient (Wildman–Crippen LogP) is 5.60. The summed E-state index contributed by atoms with van der Waals surface area (Å²) in [7, 11) is 0. The summed E-state index contributed by atoms with van der Waals surface area (Å²) in [5, 5.41) is 4.02.